The van der Waals surface area contributed by atoms with Crippen LogP contribution in [0.2, 0.25) is 0 Å². The quantitative estimate of drug-likeness (QED) is 0.155. The number of thiophene rings is 1. The van der Waals surface area contributed by atoms with Crippen LogP contribution in [0.15, 0.2) is 195 Å². The van der Waals surface area contributed by atoms with E-state index >= 15 is 0 Å². The van der Waals surface area contributed by atoms with Gasteiger partial charge in [-0.05, 0) is 94.7 Å². The molecule has 0 aliphatic heterocycles. The summed E-state index contributed by atoms with van der Waals surface area (Å²) < 4.78 is 2.74. The Morgan fingerprint density at radius 2 is 1.11 bits per heavy atom. The van der Waals surface area contributed by atoms with Gasteiger partial charge in [-0.1, -0.05) is 197 Å². The second-order valence-electron chi connectivity index (χ2n) is 15.3. The van der Waals surface area contributed by atoms with E-state index in [1.807, 2.05) is 23.5 Å². The van der Waals surface area contributed by atoms with Crippen LogP contribution >= 0.6 is 11.3 Å². The fraction of sp³-hybridized carbons (Fsp3) is 0.0545. The molecule has 0 spiro atoms. The number of rotatable bonds is 5. The monoisotopic (exact) mass is 732 g/mol. The number of allylic oxidation sites excluding steroid dienone is 4. The molecule has 0 unspecified atom stereocenters. The maximum atomic E-state index is 4.40. The van der Waals surface area contributed by atoms with Crippen molar-refractivity contribution in [2.75, 3.05) is 0 Å². The highest BCUT2D eigenvalue weighted by molar-refractivity contribution is 7.26. The lowest BCUT2D eigenvalue weighted by Gasteiger charge is -2.23. The third-order valence-electron chi connectivity index (χ3n) is 11.8. The third kappa shape index (κ3) is 5.19. The summed E-state index contributed by atoms with van der Waals surface area (Å²) in [5.74, 6) is 0. The van der Waals surface area contributed by atoms with Gasteiger partial charge >= 0.3 is 0 Å². The maximum Gasteiger partial charge on any atom is 0.0437 e. The largest absolute Gasteiger partial charge is 0.135 e. The zero-order valence-electron chi connectivity index (χ0n) is 31.6. The molecule has 56 heavy (non-hydrogen) atoms. The molecule has 10 rings (SSSR count). The third-order valence-corrected chi connectivity index (χ3v) is 13.0. The zero-order valence-corrected chi connectivity index (χ0v) is 32.5. The van der Waals surface area contributed by atoms with Crippen molar-refractivity contribution in [2.24, 2.45) is 0 Å². The van der Waals surface area contributed by atoms with Crippen molar-refractivity contribution in [3.63, 3.8) is 0 Å². The molecule has 0 radical (unpaired) electrons. The van der Waals surface area contributed by atoms with Crippen LogP contribution in [-0.2, 0) is 5.41 Å². The van der Waals surface area contributed by atoms with Gasteiger partial charge in [0.25, 0.3) is 0 Å². The van der Waals surface area contributed by atoms with Crippen LogP contribution in [0.4, 0.5) is 0 Å². The van der Waals surface area contributed by atoms with Gasteiger partial charge < -0.3 is 0 Å². The molecule has 0 saturated heterocycles. The van der Waals surface area contributed by atoms with Crippen molar-refractivity contribution >= 4 is 69.4 Å². The van der Waals surface area contributed by atoms with E-state index in [0.717, 1.165) is 11.1 Å². The Kier molecular flexibility index (Phi) is 8.10. The highest BCUT2D eigenvalue weighted by Crippen LogP contribution is 2.57. The Bertz CT molecular complexity index is 3200. The average molecular weight is 733 g/mol. The Morgan fingerprint density at radius 1 is 0.536 bits per heavy atom. The normalized spacial score (nSPS) is 13.0. The van der Waals surface area contributed by atoms with Crippen molar-refractivity contribution < 1.29 is 0 Å². The van der Waals surface area contributed by atoms with E-state index < -0.39 is 0 Å². The molecule has 0 nitrogen and oxygen atoms in total. The van der Waals surface area contributed by atoms with Crippen molar-refractivity contribution in [3.8, 4) is 33.4 Å². The van der Waals surface area contributed by atoms with Gasteiger partial charge in [-0.2, -0.15) is 0 Å². The van der Waals surface area contributed by atoms with Gasteiger partial charge in [0, 0.05) is 31.0 Å². The molecule has 1 heteroatoms. The van der Waals surface area contributed by atoms with E-state index in [-0.39, 0.29) is 5.41 Å². The van der Waals surface area contributed by atoms with Gasteiger partial charge in [0.2, 0.25) is 0 Å². The molecular formula is C55H40S. The predicted molar refractivity (Wildman–Crippen MR) is 246 cm³/mol. The molecule has 1 heterocycles. The Hall–Kier alpha value is -6.54. The number of benzene rings is 7. The second kappa shape index (κ2) is 13.3. The predicted octanol–water partition coefficient (Wildman–Crippen LogP) is 16.0. The van der Waals surface area contributed by atoms with Gasteiger partial charge in [0.15, 0.2) is 0 Å². The van der Waals surface area contributed by atoms with Gasteiger partial charge in [-0.15, -0.1) is 11.3 Å². The summed E-state index contributed by atoms with van der Waals surface area (Å²) in [6, 6.07) is 60.5. The first-order valence-electron chi connectivity index (χ1n) is 19.3. The molecule has 0 bridgehead atoms. The summed E-state index contributed by atoms with van der Waals surface area (Å²) in [6.07, 6.45) is 5.77. The SMILES string of the molecule is C=C/C=C\C(=C)c1ccc(-c2ccccccc(-c3ccc4c(c3)-c3c(c5c6ccccc6sc5c5ccccc35)C4(C)C)c3ccccc23)c2ccccc12. The molecule has 8 aromatic carbocycles. The minimum Gasteiger partial charge on any atom is -0.135 e. The molecule has 0 amide bonds. The van der Waals surface area contributed by atoms with Gasteiger partial charge in [-0.3, -0.25) is 0 Å². The van der Waals surface area contributed by atoms with Gasteiger partial charge in [0.05, 0.1) is 0 Å². The van der Waals surface area contributed by atoms with E-state index in [2.05, 4.69) is 191 Å². The molecular weight excluding hydrogens is 693 g/mol. The first-order chi connectivity index (χ1) is 27.5. The summed E-state index contributed by atoms with van der Waals surface area (Å²) in [5.41, 5.74) is 12.2. The minimum atomic E-state index is -0.168. The smallest absolute Gasteiger partial charge is 0.0437 e. The number of hydrogen-bond acceptors (Lipinski definition) is 1. The van der Waals surface area contributed by atoms with Crippen molar-refractivity contribution in [1.82, 2.24) is 0 Å². The van der Waals surface area contributed by atoms with E-state index in [0.29, 0.717) is 0 Å². The topological polar surface area (TPSA) is 0 Å². The molecule has 0 N–H and O–H groups in total. The van der Waals surface area contributed by atoms with E-state index in [9.17, 15) is 0 Å². The van der Waals surface area contributed by atoms with Crippen LogP contribution in [0.25, 0.3) is 91.4 Å². The number of fused-ring (bicyclic) bond motifs is 12. The van der Waals surface area contributed by atoms with Crippen LogP contribution in [0.5, 0.6) is 0 Å². The second-order valence-corrected chi connectivity index (χ2v) is 16.3. The Morgan fingerprint density at radius 3 is 1.84 bits per heavy atom. The molecule has 9 aromatic rings. The molecule has 1 aromatic heterocycles. The standard InChI is InChI=1S/C55H40S/c1-5-6-19-35(2)37-31-32-44(41-24-13-11-22-39(37)41)43-21-10-8-7-9-20-38(40-23-12-14-25-42(40)43)36-30-33-49-48(34-36)51-45-26-15-16-27-46(45)54-52(53(51)55(49,3)4)47-28-17-18-29-50(47)56-54/h5-34H,1-2H2,3-4H3/b8-7?,9-7?,10-8?,19-6-,20-9?,21-10?,38-20?,40-38?,43-21?,43-42?. The van der Waals surface area contributed by atoms with Crippen LogP contribution in [0.1, 0.15) is 30.5 Å². The summed E-state index contributed by atoms with van der Waals surface area (Å²) in [6.45, 7) is 13.1. The van der Waals surface area contributed by atoms with Crippen molar-refractivity contribution in [3.05, 3.63) is 212 Å². The summed E-state index contributed by atoms with van der Waals surface area (Å²) in [7, 11) is 0. The fourth-order valence-corrected chi connectivity index (χ4v) is 10.5. The highest BCUT2D eigenvalue weighted by atomic mass is 32.1. The number of hydrogen-bond donors (Lipinski definition) is 0. The summed E-state index contributed by atoms with van der Waals surface area (Å²) in [5, 5.41) is 10.2. The lowest BCUT2D eigenvalue weighted by molar-refractivity contribution is 0.667. The molecule has 0 atom stereocenters. The van der Waals surface area contributed by atoms with Crippen LogP contribution in [-0.4, -0.2) is 0 Å². The minimum absolute atomic E-state index is 0.168. The fourth-order valence-electron chi connectivity index (χ4n) is 9.28. The average Bonchev–Trinajstić information content (AvgIpc) is 3.73. The van der Waals surface area contributed by atoms with Gasteiger partial charge in [0.1, 0.15) is 0 Å². The van der Waals surface area contributed by atoms with Crippen LogP contribution in [0, 0.1) is 0 Å². The van der Waals surface area contributed by atoms with E-state index in [4.69, 9.17) is 0 Å². The molecule has 0 saturated carbocycles. The first-order valence-corrected chi connectivity index (χ1v) is 20.1. The van der Waals surface area contributed by atoms with Crippen molar-refractivity contribution in [2.45, 2.75) is 19.3 Å². The van der Waals surface area contributed by atoms with Crippen LogP contribution in [0.3, 0.4) is 0 Å². The van der Waals surface area contributed by atoms with Crippen LogP contribution < -0.4 is 0 Å². The Labute approximate surface area is 332 Å². The molecule has 1 aliphatic carbocycles. The first kappa shape index (κ1) is 34.0. The van der Waals surface area contributed by atoms with E-state index in [1.165, 1.54) is 97.0 Å². The van der Waals surface area contributed by atoms with Crippen molar-refractivity contribution in [1.29, 1.82) is 0 Å². The lowest BCUT2D eigenvalue weighted by atomic mass is 9.79. The summed E-state index contributed by atoms with van der Waals surface area (Å²) >= 11 is 1.93. The molecule has 266 valence electrons. The zero-order chi connectivity index (χ0) is 38.0. The Balaban J connectivity index is 1.25. The molecule has 1 aliphatic rings. The summed E-state index contributed by atoms with van der Waals surface area (Å²) in [4.78, 5) is 0. The van der Waals surface area contributed by atoms with Gasteiger partial charge in [-0.25, -0.2) is 0 Å². The lowest BCUT2D eigenvalue weighted by Crippen LogP contribution is -2.15. The highest BCUT2D eigenvalue weighted by Gasteiger charge is 2.39. The maximum absolute atomic E-state index is 4.40. The van der Waals surface area contributed by atoms with E-state index in [1.54, 1.807) is 6.08 Å². The molecule has 0 fully saturated rings.